The van der Waals surface area contributed by atoms with Gasteiger partial charge in [0.1, 0.15) is 0 Å². The van der Waals surface area contributed by atoms with Crippen molar-refractivity contribution in [3.05, 3.63) is 0 Å². The SMILES string of the molecule is CCC(C)C(=O)OC(F)(F)C(F)(F)C(F)(F)C(F)(F)C(F)(F)C(F)(F)F. The minimum absolute atomic E-state index is 0.376. The Kier molecular flexibility index (Phi) is 6.25. The van der Waals surface area contributed by atoms with Crippen molar-refractivity contribution < 1.29 is 66.6 Å². The maximum atomic E-state index is 13.2. The highest BCUT2D eigenvalue weighted by atomic mass is 19.4. The molecular weight excluding hydrogens is 411 g/mol. The van der Waals surface area contributed by atoms with Gasteiger partial charge in [0.25, 0.3) is 0 Å². The molecule has 0 amide bonds. The quantitative estimate of drug-likeness (QED) is 0.414. The molecule has 0 aliphatic rings. The maximum Gasteiger partial charge on any atom is 0.473 e. The molecule has 0 saturated heterocycles. The number of rotatable bonds is 7. The Hall–Kier alpha value is -1.44. The van der Waals surface area contributed by atoms with Crippen molar-refractivity contribution in [2.45, 2.75) is 56.2 Å². The van der Waals surface area contributed by atoms with Crippen molar-refractivity contribution in [2.24, 2.45) is 5.92 Å². The zero-order valence-corrected chi connectivity index (χ0v) is 12.5. The number of carbonyl (C=O) groups is 1. The Balaban J connectivity index is 6.12. The molecule has 0 fully saturated rings. The standard InChI is InChI=1S/C11H9F13O2/c1-3-4(2)5(25)26-11(23,24)9(18,19)7(14,15)6(12,13)8(16,17)10(20,21)22/h4H,3H2,1-2H3. The summed E-state index contributed by atoms with van der Waals surface area (Å²) in [6, 6.07) is 0. The lowest BCUT2D eigenvalue weighted by molar-refractivity contribution is -0.460. The van der Waals surface area contributed by atoms with Crippen LogP contribution < -0.4 is 0 Å². The molecule has 0 aromatic heterocycles. The molecule has 0 aliphatic heterocycles. The molecule has 1 atom stereocenters. The topological polar surface area (TPSA) is 26.3 Å². The number of hydrogen-bond donors (Lipinski definition) is 0. The fourth-order valence-corrected chi connectivity index (χ4v) is 1.21. The van der Waals surface area contributed by atoms with E-state index in [2.05, 4.69) is 4.74 Å². The van der Waals surface area contributed by atoms with E-state index in [-0.39, 0.29) is 6.42 Å². The molecule has 26 heavy (non-hydrogen) atoms. The first-order valence-corrected chi connectivity index (χ1v) is 6.30. The molecule has 0 aromatic rings. The summed E-state index contributed by atoms with van der Waals surface area (Å²) < 4.78 is 168. The second-order valence-corrected chi connectivity index (χ2v) is 5.04. The van der Waals surface area contributed by atoms with Crippen molar-refractivity contribution in [2.75, 3.05) is 0 Å². The summed E-state index contributed by atoms with van der Waals surface area (Å²) in [5.41, 5.74) is 0. The normalized spacial score (nSPS) is 16.4. The number of esters is 1. The minimum atomic E-state index is -8.02. The second-order valence-electron chi connectivity index (χ2n) is 5.04. The molecule has 0 N–H and O–H groups in total. The smallest absolute Gasteiger partial charge is 0.396 e. The van der Waals surface area contributed by atoms with Gasteiger partial charge in [0.2, 0.25) is 0 Å². The fourth-order valence-electron chi connectivity index (χ4n) is 1.21. The van der Waals surface area contributed by atoms with Crippen LogP contribution in [0.1, 0.15) is 20.3 Å². The molecule has 1 unspecified atom stereocenters. The number of halogens is 13. The summed E-state index contributed by atoms with van der Waals surface area (Å²) >= 11 is 0. The van der Waals surface area contributed by atoms with Gasteiger partial charge in [-0.3, -0.25) is 4.79 Å². The van der Waals surface area contributed by atoms with E-state index in [9.17, 15) is 61.9 Å². The van der Waals surface area contributed by atoms with Crippen molar-refractivity contribution in [3.8, 4) is 0 Å². The zero-order valence-electron chi connectivity index (χ0n) is 12.5. The molecular formula is C11H9F13O2. The van der Waals surface area contributed by atoms with Gasteiger partial charge in [-0.05, 0) is 6.42 Å². The highest BCUT2D eigenvalue weighted by molar-refractivity contribution is 5.72. The number of hydrogen-bond acceptors (Lipinski definition) is 2. The molecule has 156 valence electrons. The molecule has 0 aliphatic carbocycles. The first-order chi connectivity index (χ1) is 11.1. The molecule has 0 bridgehead atoms. The molecule has 0 spiro atoms. The van der Waals surface area contributed by atoms with Crippen molar-refractivity contribution in [1.82, 2.24) is 0 Å². The van der Waals surface area contributed by atoms with E-state index in [4.69, 9.17) is 0 Å². The van der Waals surface area contributed by atoms with Gasteiger partial charge in [-0.1, -0.05) is 13.8 Å². The summed E-state index contributed by atoms with van der Waals surface area (Å²) in [6.45, 7) is 1.87. The highest BCUT2D eigenvalue weighted by Gasteiger charge is 2.91. The van der Waals surface area contributed by atoms with Crippen LogP contribution >= 0.6 is 0 Å². The average Bonchev–Trinajstić information content (AvgIpc) is 2.43. The minimum Gasteiger partial charge on any atom is -0.396 e. The fraction of sp³-hybridized carbons (Fsp3) is 0.909. The average molecular weight is 420 g/mol. The van der Waals surface area contributed by atoms with E-state index in [1.54, 1.807) is 0 Å². The highest BCUT2D eigenvalue weighted by Crippen LogP contribution is 2.60. The van der Waals surface area contributed by atoms with Crippen LogP contribution in [0.3, 0.4) is 0 Å². The van der Waals surface area contributed by atoms with Gasteiger partial charge in [-0.15, -0.1) is 0 Å². The van der Waals surface area contributed by atoms with Crippen LogP contribution in [0.2, 0.25) is 0 Å². The van der Waals surface area contributed by atoms with Crippen LogP contribution in [-0.2, 0) is 9.53 Å². The zero-order chi connectivity index (χ0) is 21.6. The summed E-state index contributed by atoms with van der Waals surface area (Å²) in [5.74, 6) is -35.4. The Morgan fingerprint density at radius 3 is 1.38 bits per heavy atom. The first-order valence-electron chi connectivity index (χ1n) is 6.30. The van der Waals surface area contributed by atoms with Crippen LogP contribution in [-0.4, -0.2) is 41.9 Å². The lowest BCUT2D eigenvalue weighted by Gasteiger charge is -2.39. The van der Waals surface area contributed by atoms with Crippen molar-refractivity contribution >= 4 is 5.97 Å². The van der Waals surface area contributed by atoms with Gasteiger partial charge >= 0.3 is 41.9 Å². The van der Waals surface area contributed by atoms with Crippen LogP contribution in [0.5, 0.6) is 0 Å². The molecule has 0 aromatic carbocycles. The van der Waals surface area contributed by atoms with Gasteiger partial charge in [0.05, 0.1) is 5.92 Å². The first kappa shape index (κ1) is 24.6. The van der Waals surface area contributed by atoms with Crippen LogP contribution in [0.4, 0.5) is 57.1 Å². The van der Waals surface area contributed by atoms with E-state index in [0.29, 0.717) is 0 Å². The lowest BCUT2D eigenvalue weighted by Crippen LogP contribution is -2.70. The number of carbonyl (C=O) groups excluding carboxylic acids is 1. The van der Waals surface area contributed by atoms with Crippen LogP contribution in [0.15, 0.2) is 0 Å². The van der Waals surface area contributed by atoms with Crippen molar-refractivity contribution in [1.29, 1.82) is 0 Å². The molecule has 15 heteroatoms. The Labute approximate surface area is 136 Å². The van der Waals surface area contributed by atoms with E-state index >= 15 is 0 Å². The maximum absolute atomic E-state index is 13.2. The van der Waals surface area contributed by atoms with Gasteiger partial charge in [-0.2, -0.15) is 57.1 Å². The van der Waals surface area contributed by atoms with Gasteiger partial charge in [0.15, 0.2) is 0 Å². The lowest BCUT2D eigenvalue weighted by atomic mass is 9.97. The predicted octanol–water partition coefficient (Wildman–Crippen LogP) is 5.27. The van der Waals surface area contributed by atoms with Gasteiger partial charge < -0.3 is 4.74 Å². The molecule has 0 heterocycles. The number of ether oxygens (including phenoxy) is 1. The van der Waals surface area contributed by atoms with Crippen LogP contribution in [0.25, 0.3) is 0 Å². The van der Waals surface area contributed by atoms with E-state index < -0.39 is 47.9 Å². The largest absolute Gasteiger partial charge is 0.473 e. The molecule has 0 saturated carbocycles. The summed E-state index contributed by atoms with van der Waals surface area (Å²) in [7, 11) is 0. The second kappa shape index (κ2) is 6.62. The van der Waals surface area contributed by atoms with Gasteiger partial charge in [0, 0.05) is 0 Å². The molecule has 0 radical (unpaired) electrons. The molecule has 0 rings (SSSR count). The van der Waals surface area contributed by atoms with Crippen LogP contribution in [0, 0.1) is 5.92 Å². The Morgan fingerprint density at radius 1 is 0.731 bits per heavy atom. The third-order valence-corrected chi connectivity index (χ3v) is 3.15. The van der Waals surface area contributed by atoms with E-state index in [1.165, 1.54) is 0 Å². The van der Waals surface area contributed by atoms with Crippen molar-refractivity contribution in [3.63, 3.8) is 0 Å². The number of alkyl halides is 13. The van der Waals surface area contributed by atoms with E-state index in [1.807, 2.05) is 0 Å². The third-order valence-electron chi connectivity index (χ3n) is 3.15. The summed E-state index contributed by atoms with van der Waals surface area (Å²) in [5, 5.41) is 0. The Morgan fingerprint density at radius 2 is 1.08 bits per heavy atom. The summed E-state index contributed by atoms with van der Waals surface area (Å²) in [4.78, 5) is 11.0. The molecule has 2 nitrogen and oxygen atoms in total. The Bertz CT molecular complexity index is 523. The monoisotopic (exact) mass is 420 g/mol. The van der Waals surface area contributed by atoms with E-state index in [0.717, 1.165) is 13.8 Å². The predicted molar refractivity (Wildman–Crippen MR) is 56.3 cm³/mol. The van der Waals surface area contributed by atoms with Gasteiger partial charge in [-0.25, -0.2) is 0 Å². The summed E-state index contributed by atoms with van der Waals surface area (Å²) in [6.07, 6.45) is -14.7. The third kappa shape index (κ3) is 3.52.